The summed E-state index contributed by atoms with van der Waals surface area (Å²) in [5.41, 5.74) is 8.15. The fourth-order valence-electron chi connectivity index (χ4n) is 2.71. The van der Waals surface area contributed by atoms with Gasteiger partial charge in [-0.3, -0.25) is 9.48 Å². The van der Waals surface area contributed by atoms with Crippen molar-refractivity contribution < 1.29 is 4.79 Å². The number of hydrogen-bond donors (Lipinski definition) is 1. The molecule has 3 aromatic rings. The molecule has 0 bridgehead atoms. The maximum Gasteiger partial charge on any atom is 0.271 e. The Morgan fingerprint density at radius 3 is 2.35 bits per heavy atom. The molecule has 26 heavy (non-hydrogen) atoms. The molecule has 0 radical (unpaired) electrons. The maximum absolute atomic E-state index is 12.3. The highest BCUT2D eigenvalue weighted by molar-refractivity contribution is 6.00. The van der Waals surface area contributed by atoms with E-state index in [9.17, 15) is 4.79 Å². The molecule has 132 valence electrons. The number of aryl methyl sites for hydroxylation is 2. The molecule has 0 unspecified atom stereocenters. The second kappa shape index (κ2) is 7.78. The summed E-state index contributed by atoms with van der Waals surface area (Å²) in [5.74, 6) is -0.224. The molecule has 0 aliphatic heterocycles. The van der Waals surface area contributed by atoms with Gasteiger partial charge in [0.2, 0.25) is 0 Å². The average Bonchev–Trinajstić information content (AvgIpc) is 2.97. The van der Waals surface area contributed by atoms with E-state index < -0.39 is 0 Å². The monoisotopic (exact) mass is 346 g/mol. The number of hydrazone groups is 1. The summed E-state index contributed by atoms with van der Waals surface area (Å²) < 4.78 is 1.96. The SMILES string of the molecule is C/C(=N\NC(=O)c1ccc(Cn2nc(C)cc2C)cc1)c1ccccc1. The van der Waals surface area contributed by atoms with Gasteiger partial charge in [-0.05, 0) is 50.1 Å². The summed E-state index contributed by atoms with van der Waals surface area (Å²) in [6, 6.07) is 19.3. The van der Waals surface area contributed by atoms with Gasteiger partial charge in [0.15, 0.2) is 0 Å². The zero-order valence-electron chi connectivity index (χ0n) is 15.2. The van der Waals surface area contributed by atoms with E-state index >= 15 is 0 Å². The van der Waals surface area contributed by atoms with E-state index in [0.717, 1.165) is 28.2 Å². The summed E-state index contributed by atoms with van der Waals surface area (Å²) in [5, 5.41) is 8.64. The van der Waals surface area contributed by atoms with Gasteiger partial charge in [-0.25, -0.2) is 5.43 Å². The number of rotatable bonds is 5. The molecular formula is C21H22N4O. The van der Waals surface area contributed by atoms with Crippen LogP contribution in [0.15, 0.2) is 65.8 Å². The van der Waals surface area contributed by atoms with Crippen molar-refractivity contribution in [3.8, 4) is 0 Å². The molecule has 1 aromatic heterocycles. The fraction of sp³-hybridized carbons (Fsp3) is 0.190. The molecule has 1 N–H and O–H groups in total. The first-order chi connectivity index (χ1) is 12.5. The third-order valence-corrected chi connectivity index (χ3v) is 4.17. The maximum atomic E-state index is 12.3. The lowest BCUT2D eigenvalue weighted by Gasteiger charge is -2.06. The number of nitrogens with one attached hydrogen (secondary N) is 1. The average molecular weight is 346 g/mol. The summed E-state index contributed by atoms with van der Waals surface area (Å²) in [4.78, 5) is 12.3. The lowest BCUT2D eigenvalue weighted by atomic mass is 10.1. The molecule has 0 aliphatic carbocycles. The Bertz CT molecular complexity index is 924. The van der Waals surface area contributed by atoms with Crippen molar-refractivity contribution in [1.29, 1.82) is 0 Å². The summed E-state index contributed by atoms with van der Waals surface area (Å²) in [6.45, 7) is 6.57. The van der Waals surface area contributed by atoms with Gasteiger partial charge in [0, 0.05) is 11.3 Å². The number of carbonyl (C=O) groups is 1. The smallest absolute Gasteiger partial charge is 0.267 e. The van der Waals surface area contributed by atoms with Crippen LogP contribution in [0.4, 0.5) is 0 Å². The summed E-state index contributed by atoms with van der Waals surface area (Å²) >= 11 is 0. The number of aromatic nitrogens is 2. The van der Waals surface area contributed by atoms with Gasteiger partial charge in [0.1, 0.15) is 0 Å². The van der Waals surface area contributed by atoms with Crippen molar-refractivity contribution in [3.05, 3.63) is 88.7 Å². The van der Waals surface area contributed by atoms with E-state index in [1.54, 1.807) is 0 Å². The van der Waals surface area contributed by atoms with Gasteiger partial charge in [0.25, 0.3) is 5.91 Å². The number of amides is 1. The number of nitrogens with zero attached hydrogens (tertiary/aromatic N) is 3. The number of hydrogen-bond acceptors (Lipinski definition) is 3. The zero-order valence-corrected chi connectivity index (χ0v) is 15.2. The van der Waals surface area contributed by atoms with Crippen LogP contribution in [0.25, 0.3) is 0 Å². The highest BCUT2D eigenvalue weighted by Crippen LogP contribution is 2.09. The molecule has 0 saturated heterocycles. The molecule has 0 saturated carbocycles. The first-order valence-electron chi connectivity index (χ1n) is 8.53. The zero-order chi connectivity index (χ0) is 18.5. The van der Waals surface area contributed by atoms with Crippen molar-refractivity contribution in [2.75, 3.05) is 0 Å². The quantitative estimate of drug-likeness (QED) is 0.566. The Kier molecular flexibility index (Phi) is 5.27. The number of carbonyl (C=O) groups excluding carboxylic acids is 1. The van der Waals surface area contributed by atoms with Gasteiger partial charge in [-0.15, -0.1) is 0 Å². The molecule has 0 spiro atoms. The Morgan fingerprint density at radius 2 is 1.73 bits per heavy atom. The molecule has 2 aromatic carbocycles. The minimum atomic E-state index is -0.224. The minimum Gasteiger partial charge on any atom is -0.267 e. The van der Waals surface area contributed by atoms with Gasteiger partial charge < -0.3 is 0 Å². The Morgan fingerprint density at radius 1 is 1.04 bits per heavy atom. The Hall–Kier alpha value is -3.21. The first-order valence-corrected chi connectivity index (χ1v) is 8.53. The van der Waals surface area contributed by atoms with Gasteiger partial charge in [0.05, 0.1) is 18.0 Å². The van der Waals surface area contributed by atoms with Crippen LogP contribution < -0.4 is 5.43 Å². The topological polar surface area (TPSA) is 59.3 Å². The van der Waals surface area contributed by atoms with Crippen LogP contribution in [0.2, 0.25) is 0 Å². The third-order valence-electron chi connectivity index (χ3n) is 4.17. The molecule has 0 aliphatic rings. The fourth-order valence-corrected chi connectivity index (χ4v) is 2.71. The molecule has 3 rings (SSSR count). The standard InChI is InChI=1S/C21H22N4O/c1-15-13-16(2)25(24-15)14-18-9-11-20(12-10-18)21(26)23-22-17(3)19-7-5-4-6-8-19/h4-13H,14H2,1-3H3,(H,23,26)/b22-17+. The minimum absolute atomic E-state index is 0.224. The van der Waals surface area contributed by atoms with E-state index in [2.05, 4.69) is 21.7 Å². The van der Waals surface area contributed by atoms with Crippen molar-refractivity contribution in [2.45, 2.75) is 27.3 Å². The Balaban J connectivity index is 1.64. The first kappa shape index (κ1) is 17.6. The molecule has 0 atom stereocenters. The molecule has 0 fully saturated rings. The molecule has 1 heterocycles. The van der Waals surface area contributed by atoms with Crippen molar-refractivity contribution in [2.24, 2.45) is 5.10 Å². The van der Waals surface area contributed by atoms with E-state index in [4.69, 9.17) is 0 Å². The lowest BCUT2D eigenvalue weighted by Crippen LogP contribution is -2.19. The second-order valence-electron chi connectivity index (χ2n) is 6.29. The predicted molar refractivity (Wildman–Crippen MR) is 103 cm³/mol. The van der Waals surface area contributed by atoms with Crippen LogP contribution in [0.5, 0.6) is 0 Å². The van der Waals surface area contributed by atoms with E-state index in [1.807, 2.05) is 80.1 Å². The van der Waals surface area contributed by atoms with Crippen LogP contribution in [0, 0.1) is 13.8 Å². The third kappa shape index (κ3) is 4.25. The van der Waals surface area contributed by atoms with Crippen LogP contribution in [-0.4, -0.2) is 21.4 Å². The van der Waals surface area contributed by atoms with Crippen LogP contribution in [0.3, 0.4) is 0 Å². The van der Waals surface area contributed by atoms with Crippen molar-refractivity contribution in [3.63, 3.8) is 0 Å². The highest BCUT2D eigenvalue weighted by atomic mass is 16.2. The largest absolute Gasteiger partial charge is 0.271 e. The van der Waals surface area contributed by atoms with Crippen molar-refractivity contribution in [1.82, 2.24) is 15.2 Å². The van der Waals surface area contributed by atoms with Gasteiger partial charge >= 0.3 is 0 Å². The predicted octanol–water partition coefficient (Wildman–Crippen LogP) is 3.70. The van der Waals surface area contributed by atoms with E-state index in [0.29, 0.717) is 12.1 Å². The lowest BCUT2D eigenvalue weighted by molar-refractivity contribution is 0.0955. The van der Waals surface area contributed by atoms with E-state index in [-0.39, 0.29) is 5.91 Å². The Labute approximate surface area is 153 Å². The summed E-state index contributed by atoms with van der Waals surface area (Å²) in [7, 11) is 0. The molecule has 1 amide bonds. The molecule has 5 heteroatoms. The van der Waals surface area contributed by atoms with E-state index in [1.165, 1.54) is 0 Å². The number of benzene rings is 2. The molecular weight excluding hydrogens is 324 g/mol. The van der Waals surface area contributed by atoms with Gasteiger partial charge in [-0.1, -0.05) is 42.5 Å². The summed E-state index contributed by atoms with van der Waals surface area (Å²) in [6.07, 6.45) is 0. The van der Waals surface area contributed by atoms with Crippen molar-refractivity contribution >= 4 is 11.6 Å². The van der Waals surface area contributed by atoms with Crippen LogP contribution in [-0.2, 0) is 6.54 Å². The van der Waals surface area contributed by atoms with Crippen LogP contribution in [0.1, 0.15) is 39.8 Å². The molecule has 5 nitrogen and oxygen atoms in total. The normalized spacial score (nSPS) is 11.4. The van der Waals surface area contributed by atoms with Crippen LogP contribution >= 0.6 is 0 Å². The second-order valence-corrected chi connectivity index (χ2v) is 6.29. The van der Waals surface area contributed by atoms with Gasteiger partial charge in [-0.2, -0.15) is 10.2 Å². The highest BCUT2D eigenvalue weighted by Gasteiger charge is 2.07.